The number of hydrogen-bond acceptors (Lipinski definition) is 4. The molecule has 0 saturated carbocycles. The molecule has 0 fully saturated rings. The van der Waals surface area contributed by atoms with Crippen LogP contribution in [0.5, 0.6) is 11.5 Å². The molecule has 0 radical (unpaired) electrons. The molecule has 1 aromatic heterocycles. The number of carbonyl (C=O) groups is 1. The van der Waals surface area contributed by atoms with Gasteiger partial charge >= 0.3 is 12.3 Å². The summed E-state index contributed by atoms with van der Waals surface area (Å²) in [6.07, 6.45) is -1.90. The standard InChI is InChI=1S/C16H17F2N3O3S/c1-9-8-21(14(25-9)19-13(22)20-15(2,3)4)10-5-6-11-12(7-10)24-16(17,18)23-11/h5-8H,1-4H3,(H,20,22). The van der Waals surface area contributed by atoms with Crippen molar-refractivity contribution in [1.29, 1.82) is 0 Å². The van der Waals surface area contributed by atoms with Gasteiger partial charge in [-0.15, -0.1) is 20.1 Å². The molecule has 2 amide bonds. The van der Waals surface area contributed by atoms with Crippen LogP contribution in [0.4, 0.5) is 13.6 Å². The minimum absolute atomic E-state index is 0.0368. The third-order valence-electron chi connectivity index (χ3n) is 3.11. The molecule has 1 aromatic carbocycles. The Bertz CT molecular complexity index is 897. The molecule has 2 aromatic rings. The first-order chi connectivity index (χ1) is 11.5. The maximum atomic E-state index is 13.2. The Labute approximate surface area is 146 Å². The average Bonchev–Trinajstić information content (AvgIpc) is 2.93. The van der Waals surface area contributed by atoms with E-state index < -0.39 is 17.9 Å². The maximum Gasteiger partial charge on any atom is 0.586 e. The molecule has 1 N–H and O–H groups in total. The maximum absolute atomic E-state index is 13.2. The molecule has 9 heteroatoms. The van der Waals surface area contributed by atoms with Crippen LogP contribution in [0.15, 0.2) is 29.4 Å². The number of carbonyl (C=O) groups excluding carboxylic acids is 1. The zero-order chi connectivity index (χ0) is 18.4. The van der Waals surface area contributed by atoms with E-state index in [-0.39, 0.29) is 11.5 Å². The van der Waals surface area contributed by atoms with Crippen molar-refractivity contribution in [2.24, 2.45) is 4.99 Å². The highest BCUT2D eigenvalue weighted by molar-refractivity contribution is 7.09. The molecule has 1 aliphatic heterocycles. The van der Waals surface area contributed by atoms with Crippen LogP contribution in [0, 0.1) is 6.92 Å². The van der Waals surface area contributed by atoms with Crippen LogP contribution in [0.2, 0.25) is 0 Å². The largest absolute Gasteiger partial charge is 0.586 e. The molecule has 0 saturated heterocycles. The molecule has 6 nitrogen and oxygen atoms in total. The topological polar surface area (TPSA) is 64.8 Å². The van der Waals surface area contributed by atoms with Gasteiger partial charge in [0.05, 0.1) is 5.69 Å². The van der Waals surface area contributed by atoms with Crippen LogP contribution in [-0.4, -0.2) is 22.4 Å². The van der Waals surface area contributed by atoms with Gasteiger partial charge in [-0.2, -0.15) is 4.99 Å². The lowest BCUT2D eigenvalue weighted by Crippen LogP contribution is -2.39. The van der Waals surface area contributed by atoms with Crippen LogP contribution in [0.25, 0.3) is 5.69 Å². The highest BCUT2D eigenvalue weighted by Crippen LogP contribution is 2.41. The summed E-state index contributed by atoms with van der Waals surface area (Å²) < 4.78 is 36.8. The van der Waals surface area contributed by atoms with Gasteiger partial charge in [0.1, 0.15) is 0 Å². The van der Waals surface area contributed by atoms with Gasteiger partial charge in [0, 0.05) is 22.7 Å². The SMILES string of the molecule is Cc1cn(-c2ccc3c(c2)OC(F)(F)O3)c(=NC(=O)NC(C)(C)C)s1. The summed E-state index contributed by atoms with van der Waals surface area (Å²) in [6.45, 7) is 7.42. The Hall–Kier alpha value is -2.42. The van der Waals surface area contributed by atoms with Crippen LogP contribution >= 0.6 is 11.3 Å². The van der Waals surface area contributed by atoms with E-state index in [0.29, 0.717) is 10.5 Å². The number of halogens is 2. The number of nitrogens with one attached hydrogen (secondary N) is 1. The fourth-order valence-electron chi connectivity index (χ4n) is 2.24. The molecule has 0 aliphatic carbocycles. The third kappa shape index (κ3) is 3.98. The van der Waals surface area contributed by atoms with E-state index in [2.05, 4.69) is 19.8 Å². The molecular formula is C16H17F2N3O3S. The quantitative estimate of drug-likeness (QED) is 0.836. The van der Waals surface area contributed by atoms with Gasteiger partial charge in [0.15, 0.2) is 16.3 Å². The van der Waals surface area contributed by atoms with Gasteiger partial charge in [-0.1, -0.05) is 0 Å². The molecule has 134 valence electrons. The first-order valence-corrected chi connectivity index (χ1v) is 8.30. The smallest absolute Gasteiger partial charge is 0.395 e. The van der Waals surface area contributed by atoms with E-state index in [1.165, 1.54) is 23.5 Å². The molecule has 2 heterocycles. The van der Waals surface area contributed by atoms with E-state index in [1.807, 2.05) is 27.7 Å². The number of fused-ring (bicyclic) bond motifs is 1. The minimum atomic E-state index is -3.67. The predicted molar refractivity (Wildman–Crippen MR) is 88.4 cm³/mol. The molecule has 0 bridgehead atoms. The van der Waals surface area contributed by atoms with E-state index in [4.69, 9.17) is 0 Å². The molecule has 1 aliphatic rings. The predicted octanol–water partition coefficient (Wildman–Crippen LogP) is 3.58. The second kappa shape index (κ2) is 5.83. The second-order valence-electron chi connectivity index (χ2n) is 6.58. The summed E-state index contributed by atoms with van der Waals surface area (Å²) in [5.74, 6) is -0.103. The molecule has 25 heavy (non-hydrogen) atoms. The lowest BCUT2D eigenvalue weighted by atomic mass is 10.1. The Morgan fingerprint density at radius 2 is 1.96 bits per heavy atom. The highest BCUT2D eigenvalue weighted by atomic mass is 32.1. The zero-order valence-electron chi connectivity index (χ0n) is 14.1. The number of benzene rings is 1. The Morgan fingerprint density at radius 3 is 2.64 bits per heavy atom. The van der Waals surface area contributed by atoms with Crippen molar-refractivity contribution in [3.05, 3.63) is 34.1 Å². The fourth-order valence-corrected chi connectivity index (χ4v) is 3.07. The van der Waals surface area contributed by atoms with Gasteiger partial charge in [0.25, 0.3) is 0 Å². The van der Waals surface area contributed by atoms with E-state index in [9.17, 15) is 13.6 Å². The number of amides is 2. The van der Waals surface area contributed by atoms with Crippen molar-refractivity contribution in [2.45, 2.75) is 39.5 Å². The summed E-state index contributed by atoms with van der Waals surface area (Å²) in [4.78, 5) is 17.5. The number of thiazole rings is 1. The van der Waals surface area contributed by atoms with E-state index in [1.54, 1.807) is 16.8 Å². The van der Waals surface area contributed by atoms with Gasteiger partial charge in [-0.05, 0) is 39.8 Å². The highest BCUT2D eigenvalue weighted by Gasteiger charge is 2.43. The van der Waals surface area contributed by atoms with Crippen molar-refractivity contribution < 1.29 is 23.0 Å². The van der Waals surface area contributed by atoms with Crippen LogP contribution < -0.4 is 19.6 Å². The van der Waals surface area contributed by atoms with Gasteiger partial charge in [0.2, 0.25) is 0 Å². The van der Waals surface area contributed by atoms with Gasteiger partial charge < -0.3 is 14.8 Å². The van der Waals surface area contributed by atoms with Crippen molar-refractivity contribution in [3.8, 4) is 17.2 Å². The molecule has 0 spiro atoms. The van der Waals surface area contributed by atoms with Crippen molar-refractivity contribution in [1.82, 2.24) is 9.88 Å². The van der Waals surface area contributed by atoms with Gasteiger partial charge in [-0.3, -0.25) is 4.57 Å². The third-order valence-corrected chi connectivity index (χ3v) is 4.01. The lowest BCUT2D eigenvalue weighted by molar-refractivity contribution is -0.286. The molecule has 0 atom stereocenters. The number of alkyl halides is 2. The lowest BCUT2D eigenvalue weighted by Gasteiger charge is -2.18. The number of ether oxygens (including phenoxy) is 2. The number of hydrogen-bond donors (Lipinski definition) is 1. The number of aromatic nitrogens is 1. The molecular weight excluding hydrogens is 352 g/mol. The summed E-state index contributed by atoms with van der Waals surface area (Å²) in [5.41, 5.74) is 0.119. The minimum Gasteiger partial charge on any atom is -0.395 e. The van der Waals surface area contributed by atoms with Crippen molar-refractivity contribution in [3.63, 3.8) is 0 Å². The Kier molecular flexibility index (Phi) is 4.06. The second-order valence-corrected chi connectivity index (χ2v) is 7.80. The monoisotopic (exact) mass is 369 g/mol. The summed E-state index contributed by atoms with van der Waals surface area (Å²) in [7, 11) is 0. The van der Waals surface area contributed by atoms with E-state index >= 15 is 0 Å². The van der Waals surface area contributed by atoms with Crippen LogP contribution in [0.3, 0.4) is 0 Å². The number of aryl methyl sites for hydroxylation is 1. The molecule has 3 rings (SSSR count). The Balaban J connectivity index is 1.99. The average molecular weight is 369 g/mol. The summed E-state index contributed by atoms with van der Waals surface area (Å²) in [5, 5.41) is 2.75. The first kappa shape index (κ1) is 17.4. The Morgan fingerprint density at radius 1 is 1.28 bits per heavy atom. The van der Waals surface area contributed by atoms with E-state index in [0.717, 1.165) is 4.88 Å². The number of rotatable bonds is 1. The zero-order valence-corrected chi connectivity index (χ0v) is 14.9. The first-order valence-electron chi connectivity index (χ1n) is 7.49. The van der Waals surface area contributed by atoms with Crippen molar-refractivity contribution in [2.75, 3.05) is 0 Å². The number of nitrogens with zero attached hydrogens (tertiary/aromatic N) is 2. The molecule has 0 unspecified atom stereocenters. The number of urea groups is 1. The van der Waals surface area contributed by atoms with Crippen LogP contribution in [0.1, 0.15) is 25.6 Å². The summed E-state index contributed by atoms with van der Waals surface area (Å²) in [6, 6.07) is 3.93. The fraction of sp³-hybridized carbons (Fsp3) is 0.375. The normalized spacial score (nSPS) is 16.2. The van der Waals surface area contributed by atoms with Crippen LogP contribution in [-0.2, 0) is 0 Å². The van der Waals surface area contributed by atoms with Gasteiger partial charge in [-0.25, -0.2) is 4.79 Å². The van der Waals surface area contributed by atoms with Crippen molar-refractivity contribution >= 4 is 17.4 Å². The summed E-state index contributed by atoms with van der Waals surface area (Å²) >= 11 is 1.31.